The van der Waals surface area contributed by atoms with Gasteiger partial charge in [0, 0.05) is 4.90 Å². The minimum Gasteiger partial charge on any atom is -0.211 e. The van der Waals surface area contributed by atoms with E-state index in [1.165, 1.54) is 0 Å². The predicted octanol–water partition coefficient (Wildman–Crippen LogP) is 3.37. The number of nitrogens with zero attached hydrogens (tertiary/aromatic N) is 1. The number of thioether (sulfide) groups is 1. The summed E-state index contributed by atoms with van der Waals surface area (Å²) in [7, 11) is 0. The maximum atomic E-state index is 12.0. The van der Waals surface area contributed by atoms with Crippen LogP contribution in [0.4, 0.5) is 8.78 Å². The molecule has 0 heterocycles. The Labute approximate surface area is 102 Å². The summed E-state index contributed by atoms with van der Waals surface area (Å²) < 4.78 is 24.0. The number of carbonyl (C=O) groups excluding carboxylic acids is 1. The molecule has 0 radical (unpaired) electrons. The molecule has 2 rings (SSSR count). The summed E-state index contributed by atoms with van der Waals surface area (Å²) in [6.07, 6.45) is 1.00. The molecule has 1 saturated carbocycles. The van der Waals surface area contributed by atoms with E-state index in [0.717, 1.165) is 35.1 Å². The topological polar surface area (TPSA) is 29.4 Å². The molecule has 0 spiro atoms. The molecule has 0 aromatic heterocycles. The van der Waals surface area contributed by atoms with E-state index in [0.29, 0.717) is 0 Å². The fourth-order valence-electron chi connectivity index (χ4n) is 1.69. The smallest absolute Gasteiger partial charge is 0.211 e. The Balaban J connectivity index is 2.06. The summed E-state index contributed by atoms with van der Waals surface area (Å²) in [5.41, 5.74) is 0.579. The number of benzene rings is 1. The molecule has 0 aliphatic heterocycles. The zero-order chi connectivity index (χ0) is 12.3. The number of hydrogen-bond donors (Lipinski definition) is 0. The zero-order valence-corrected chi connectivity index (χ0v) is 9.84. The van der Waals surface area contributed by atoms with Gasteiger partial charge in [0.05, 0.1) is 11.3 Å². The van der Waals surface area contributed by atoms with Crippen molar-refractivity contribution in [3.8, 4) is 0 Å². The molecular weight excluding hydrogens is 244 g/mol. The molecule has 2 nitrogen and oxygen atoms in total. The third-order valence-corrected chi connectivity index (χ3v) is 3.78. The zero-order valence-electron chi connectivity index (χ0n) is 9.03. The molecule has 1 aliphatic rings. The Bertz CT molecular complexity index is 436. The first-order valence-corrected chi connectivity index (χ1v) is 6.25. The number of halogens is 2. The van der Waals surface area contributed by atoms with Crippen LogP contribution >= 0.6 is 11.8 Å². The average Bonchev–Trinajstić information content (AvgIpc) is 3.09. The SMILES string of the molecule is O=C=NC1(c2ccc(SCC(F)F)cc2)CC1. The number of hydrogen-bond acceptors (Lipinski definition) is 3. The summed E-state index contributed by atoms with van der Waals surface area (Å²) in [6, 6.07) is 7.29. The summed E-state index contributed by atoms with van der Waals surface area (Å²) in [5, 5.41) is 0. The van der Waals surface area contributed by atoms with Crippen LogP contribution in [-0.4, -0.2) is 18.3 Å². The second-order valence-corrected chi connectivity index (χ2v) is 5.05. The molecule has 1 aromatic rings. The van der Waals surface area contributed by atoms with Crippen LogP contribution in [0.5, 0.6) is 0 Å². The van der Waals surface area contributed by atoms with Gasteiger partial charge in [-0.05, 0) is 30.5 Å². The third-order valence-electron chi connectivity index (χ3n) is 2.75. The molecule has 90 valence electrons. The highest BCUT2D eigenvalue weighted by Crippen LogP contribution is 2.49. The lowest BCUT2D eigenvalue weighted by molar-refractivity contribution is 0.177. The lowest BCUT2D eigenvalue weighted by Gasteiger charge is -2.08. The number of isocyanates is 1. The van der Waals surface area contributed by atoms with Gasteiger partial charge in [0.1, 0.15) is 0 Å². The van der Waals surface area contributed by atoms with E-state index < -0.39 is 6.43 Å². The highest BCUT2D eigenvalue weighted by Gasteiger charge is 2.44. The molecular formula is C12H11F2NOS. The standard InChI is InChI=1S/C12H11F2NOS/c13-11(14)7-17-10-3-1-9(2-4-10)12(5-6-12)15-8-16/h1-4,11H,5-7H2. The van der Waals surface area contributed by atoms with Gasteiger partial charge in [-0.15, -0.1) is 11.8 Å². The second kappa shape index (κ2) is 4.98. The van der Waals surface area contributed by atoms with E-state index in [2.05, 4.69) is 4.99 Å². The van der Waals surface area contributed by atoms with Crippen molar-refractivity contribution in [2.75, 3.05) is 5.75 Å². The monoisotopic (exact) mass is 255 g/mol. The van der Waals surface area contributed by atoms with Gasteiger partial charge in [0.15, 0.2) is 0 Å². The van der Waals surface area contributed by atoms with Crippen molar-refractivity contribution in [1.82, 2.24) is 0 Å². The quantitative estimate of drug-likeness (QED) is 0.458. The van der Waals surface area contributed by atoms with Crippen LogP contribution in [0.25, 0.3) is 0 Å². The van der Waals surface area contributed by atoms with Crippen molar-refractivity contribution in [2.45, 2.75) is 29.7 Å². The highest BCUT2D eigenvalue weighted by atomic mass is 32.2. The first-order chi connectivity index (χ1) is 8.16. The number of rotatable bonds is 5. The van der Waals surface area contributed by atoms with Crippen LogP contribution in [0.1, 0.15) is 18.4 Å². The maximum Gasteiger partial charge on any atom is 0.247 e. The van der Waals surface area contributed by atoms with Crippen molar-refractivity contribution < 1.29 is 13.6 Å². The van der Waals surface area contributed by atoms with Crippen molar-refractivity contribution in [3.63, 3.8) is 0 Å². The maximum absolute atomic E-state index is 12.0. The highest BCUT2D eigenvalue weighted by molar-refractivity contribution is 7.99. The summed E-state index contributed by atoms with van der Waals surface area (Å²) in [4.78, 5) is 14.9. The van der Waals surface area contributed by atoms with Gasteiger partial charge in [0.2, 0.25) is 12.5 Å². The second-order valence-electron chi connectivity index (χ2n) is 3.96. The van der Waals surface area contributed by atoms with Gasteiger partial charge in [-0.1, -0.05) is 12.1 Å². The van der Waals surface area contributed by atoms with Gasteiger partial charge in [-0.3, -0.25) is 0 Å². The molecule has 0 atom stereocenters. The van der Waals surface area contributed by atoms with Crippen LogP contribution in [0.15, 0.2) is 34.2 Å². The van der Waals surface area contributed by atoms with Crippen LogP contribution in [-0.2, 0) is 10.3 Å². The van der Waals surface area contributed by atoms with Gasteiger partial charge < -0.3 is 0 Å². The van der Waals surface area contributed by atoms with Crippen LogP contribution in [0, 0.1) is 0 Å². The first-order valence-electron chi connectivity index (χ1n) is 5.27. The molecule has 0 unspecified atom stereocenters. The lowest BCUT2D eigenvalue weighted by atomic mass is 10.1. The third kappa shape index (κ3) is 2.93. The number of alkyl halides is 2. The summed E-state index contributed by atoms with van der Waals surface area (Å²) in [6.45, 7) is 0. The molecule has 17 heavy (non-hydrogen) atoms. The predicted molar refractivity (Wildman–Crippen MR) is 62.2 cm³/mol. The van der Waals surface area contributed by atoms with Crippen LogP contribution in [0.2, 0.25) is 0 Å². The van der Waals surface area contributed by atoms with E-state index >= 15 is 0 Å². The minimum absolute atomic E-state index is 0.197. The normalized spacial score (nSPS) is 16.6. The fraction of sp³-hybridized carbons (Fsp3) is 0.417. The first kappa shape index (κ1) is 12.3. The van der Waals surface area contributed by atoms with Crippen LogP contribution in [0.3, 0.4) is 0 Å². The van der Waals surface area contributed by atoms with Crippen molar-refractivity contribution in [2.24, 2.45) is 4.99 Å². The summed E-state index contributed by atoms with van der Waals surface area (Å²) >= 11 is 1.12. The Morgan fingerprint density at radius 1 is 1.35 bits per heavy atom. The Morgan fingerprint density at radius 3 is 2.47 bits per heavy atom. The molecule has 5 heteroatoms. The molecule has 0 saturated heterocycles. The molecule has 0 amide bonds. The summed E-state index contributed by atoms with van der Waals surface area (Å²) in [5.74, 6) is -0.197. The molecule has 1 aliphatic carbocycles. The molecule has 1 fully saturated rings. The van der Waals surface area contributed by atoms with E-state index in [1.807, 2.05) is 12.1 Å². The van der Waals surface area contributed by atoms with Gasteiger partial charge in [-0.25, -0.2) is 13.6 Å². The largest absolute Gasteiger partial charge is 0.247 e. The number of aliphatic imine (C=N–C) groups is 1. The van der Waals surface area contributed by atoms with E-state index in [-0.39, 0.29) is 11.3 Å². The van der Waals surface area contributed by atoms with E-state index in [9.17, 15) is 13.6 Å². The molecule has 1 aromatic carbocycles. The average molecular weight is 255 g/mol. The minimum atomic E-state index is -2.30. The van der Waals surface area contributed by atoms with Crippen molar-refractivity contribution in [1.29, 1.82) is 0 Å². The Hall–Kier alpha value is -1.19. The molecule has 0 N–H and O–H groups in total. The Morgan fingerprint density at radius 2 is 2.00 bits per heavy atom. The van der Waals surface area contributed by atoms with E-state index in [1.54, 1.807) is 18.2 Å². The van der Waals surface area contributed by atoms with Gasteiger partial charge in [-0.2, -0.15) is 4.99 Å². The lowest BCUT2D eigenvalue weighted by Crippen LogP contribution is -2.01. The van der Waals surface area contributed by atoms with Gasteiger partial charge >= 0.3 is 0 Å². The van der Waals surface area contributed by atoms with Crippen LogP contribution < -0.4 is 0 Å². The Kier molecular flexibility index (Phi) is 3.60. The van der Waals surface area contributed by atoms with Gasteiger partial charge in [0.25, 0.3) is 0 Å². The van der Waals surface area contributed by atoms with E-state index in [4.69, 9.17) is 0 Å². The van der Waals surface area contributed by atoms with Crippen molar-refractivity contribution >= 4 is 17.8 Å². The molecule has 0 bridgehead atoms. The van der Waals surface area contributed by atoms with Crippen molar-refractivity contribution in [3.05, 3.63) is 29.8 Å². The fourth-order valence-corrected chi connectivity index (χ4v) is 2.34.